The minimum atomic E-state index is -4.71. The molecule has 0 saturated carbocycles. The van der Waals surface area contributed by atoms with Crippen LogP contribution in [0, 0.1) is 17.2 Å². The van der Waals surface area contributed by atoms with E-state index >= 15 is 0 Å². The zero-order valence-electron chi connectivity index (χ0n) is 17.7. The van der Waals surface area contributed by atoms with Crippen LogP contribution in [-0.2, 0) is 4.79 Å². The Labute approximate surface area is 185 Å². The molecule has 0 aliphatic carbocycles. The van der Waals surface area contributed by atoms with Crippen molar-refractivity contribution in [1.29, 1.82) is 5.26 Å². The Bertz CT molecular complexity index is 923. The third-order valence-corrected chi connectivity index (χ3v) is 5.69. The standard InChI is InChI=1S/C23H26F3N3OS/c1-15(2)13-20(22(28)30)29(12-11-27)21(23(24,25)26)18-6-4-5-17(14-18)16-7-9-19(31-3)10-8-16/h4-10,14-15,20-21H,12-13H2,1-3H3,(H2,28,30)/t20-,21?/m0/s1. The second-order valence-electron chi connectivity index (χ2n) is 7.68. The molecule has 4 nitrogen and oxygen atoms in total. The van der Waals surface area contributed by atoms with E-state index in [-0.39, 0.29) is 17.9 Å². The maximum absolute atomic E-state index is 14.3. The first-order valence-corrected chi connectivity index (χ1v) is 11.0. The summed E-state index contributed by atoms with van der Waals surface area (Å²) in [7, 11) is 0. The lowest BCUT2D eigenvalue weighted by Gasteiger charge is -2.37. The van der Waals surface area contributed by atoms with Gasteiger partial charge in [-0.15, -0.1) is 11.8 Å². The number of halogens is 3. The van der Waals surface area contributed by atoms with E-state index in [1.165, 1.54) is 12.1 Å². The Morgan fingerprint density at radius 1 is 1.16 bits per heavy atom. The average molecular weight is 450 g/mol. The van der Waals surface area contributed by atoms with Gasteiger partial charge in [0.2, 0.25) is 5.91 Å². The number of alkyl halides is 3. The van der Waals surface area contributed by atoms with Crippen LogP contribution in [0.5, 0.6) is 0 Å². The number of nitrogens with zero attached hydrogens (tertiary/aromatic N) is 2. The molecule has 0 bridgehead atoms. The minimum Gasteiger partial charge on any atom is -0.368 e. The van der Waals surface area contributed by atoms with Crippen molar-refractivity contribution in [1.82, 2.24) is 4.90 Å². The summed E-state index contributed by atoms with van der Waals surface area (Å²) >= 11 is 1.57. The number of nitriles is 1. The highest BCUT2D eigenvalue weighted by Gasteiger charge is 2.48. The molecule has 2 N–H and O–H groups in total. The molecule has 31 heavy (non-hydrogen) atoms. The van der Waals surface area contributed by atoms with Gasteiger partial charge in [-0.3, -0.25) is 9.69 Å². The topological polar surface area (TPSA) is 70.1 Å². The van der Waals surface area contributed by atoms with Gasteiger partial charge in [0.15, 0.2) is 0 Å². The van der Waals surface area contributed by atoms with Crippen molar-refractivity contribution in [3.8, 4) is 17.2 Å². The van der Waals surface area contributed by atoms with Crippen molar-refractivity contribution in [2.75, 3.05) is 12.8 Å². The number of carbonyl (C=O) groups excluding carboxylic acids is 1. The molecule has 0 radical (unpaired) electrons. The quantitative estimate of drug-likeness (QED) is 0.411. The third-order valence-electron chi connectivity index (χ3n) is 4.94. The first-order valence-electron chi connectivity index (χ1n) is 9.81. The van der Waals surface area contributed by atoms with Gasteiger partial charge in [0.1, 0.15) is 6.04 Å². The van der Waals surface area contributed by atoms with Crippen molar-refractivity contribution < 1.29 is 18.0 Å². The van der Waals surface area contributed by atoms with Crippen LogP contribution < -0.4 is 5.73 Å². The van der Waals surface area contributed by atoms with E-state index in [4.69, 9.17) is 5.73 Å². The molecule has 2 aromatic carbocycles. The van der Waals surface area contributed by atoms with Crippen LogP contribution in [0.3, 0.4) is 0 Å². The summed E-state index contributed by atoms with van der Waals surface area (Å²) in [6, 6.07) is 12.1. The van der Waals surface area contributed by atoms with Gasteiger partial charge in [0, 0.05) is 4.90 Å². The molecule has 0 aromatic heterocycles. The van der Waals surface area contributed by atoms with Crippen LogP contribution in [0.1, 0.15) is 31.9 Å². The van der Waals surface area contributed by atoms with Crippen molar-refractivity contribution >= 4 is 17.7 Å². The Morgan fingerprint density at radius 2 is 1.81 bits per heavy atom. The van der Waals surface area contributed by atoms with Crippen LogP contribution >= 0.6 is 11.8 Å². The Hall–Kier alpha value is -2.50. The summed E-state index contributed by atoms with van der Waals surface area (Å²) in [6.07, 6.45) is -2.64. The first-order chi connectivity index (χ1) is 14.6. The van der Waals surface area contributed by atoms with Crippen LogP contribution in [0.2, 0.25) is 0 Å². The van der Waals surface area contributed by atoms with E-state index in [0.29, 0.717) is 5.56 Å². The number of benzene rings is 2. The lowest BCUT2D eigenvalue weighted by Crippen LogP contribution is -2.51. The second-order valence-corrected chi connectivity index (χ2v) is 8.56. The van der Waals surface area contributed by atoms with Crippen LogP contribution in [0.25, 0.3) is 11.1 Å². The summed E-state index contributed by atoms with van der Waals surface area (Å²) < 4.78 is 42.8. The highest BCUT2D eigenvalue weighted by Crippen LogP contribution is 2.40. The maximum Gasteiger partial charge on any atom is 0.408 e. The van der Waals surface area contributed by atoms with Gasteiger partial charge in [0.25, 0.3) is 0 Å². The lowest BCUT2D eigenvalue weighted by molar-refractivity contribution is -0.192. The molecule has 2 atom stereocenters. The molecule has 2 rings (SSSR count). The van der Waals surface area contributed by atoms with Crippen molar-refractivity contribution in [3.05, 3.63) is 54.1 Å². The Balaban J connectivity index is 2.56. The van der Waals surface area contributed by atoms with Gasteiger partial charge in [-0.2, -0.15) is 18.4 Å². The van der Waals surface area contributed by atoms with Gasteiger partial charge in [-0.05, 0) is 53.5 Å². The number of rotatable bonds is 9. The molecule has 0 aliphatic rings. The van der Waals surface area contributed by atoms with E-state index in [2.05, 4.69) is 0 Å². The van der Waals surface area contributed by atoms with E-state index in [9.17, 15) is 23.2 Å². The Kier molecular flexibility index (Phi) is 8.54. The molecule has 0 spiro atoms. The molecule has 0 heterocycles. The van der Waals surface area contributed by atoms with Crippen LogP contribution in [-0.4, -0.2) is 35.8 Å². The molecule has 1 amide bonds. The predicted octanol–water partition coefficient (Wildman–Crippen LogP) is 5.40. The molecule has 0 aliphatic heterocycles. The SMILES string of the molecule is CSc1ccc(-c2cccc(C(N(CC#N)[C@@H](CC(C)C)C(N)=O)C(F)(F)F)c2)cc1. The van der Waals surface area contributed by atoms with Gasteiger partial charge in [-0.1, -0.05) is 44.2 Å². The van der Waals surface area contributed by atoms with Crippen molar-refractivity contribution in [2.24, 2.45) is 11.7 Å². The average Bonchev–Trinajstić information content (AvgIpc) is 2.71. The summed E-state index contributed by atoms with van der Waals surface area (Å²) in [5.41, 5.74) is 6.83. The number of nitrogens with two attached hydrogens (primary N) is 1. The van der Waals surface area contributed by atoms with Gasteiger partial charge in [-0.25, -0.2) is 0 Å². The molecule has 8 heteroatoms. The fourth-order valence-corrected chi connectivity index (χ4v) is 3.97. The Morgan fingerprint density at radius 3 is 2.29 bits per heavy atom. The molecule has 1 unspecified atom stereocenters. The molecule has 0 saturated heterocycles. The van der Waals surface area contributed by atoms with Crippen LogP contribution in [0.4, 0.5) is 13.2 Å². The number of hydrogen-bond acceptors (Lipinski definition) is 4. The minimum absolute atomic E-state index is 0.0378. The van der Waals surface area contributed by atoms with Gasteiger partial charge >= 0.3 is 6.18 Å². The fourth-order valence-electron chi connectivity index (χ4n) is 3.56. The zero-order valence-corrected chi connectivity index (χ0v) is 18.5. The predicted molar refractivity (Wildman–Crippen MR) is 117 cm³/mol. The maximum atomic E-state index is 14.3. The molecule has 166 valence electrons. The highest BCUT2D eigenvalue weighted by molar-refractivity contribution is 7.98. The molecule has 2 aromatic rings. The lowest BCUT2D eigenvalue weighted by atomic mass is 9.95. The summed E-state index contributed by atoms with van der Waals surface area (Å²) in [4.78, 5) is 14.0. The van der Waals surface area contributed by atoms with E-state index in [1.54, 1.807) is 43.8 Å². The zero-order chi connectivity index (χ0) is 23.2. The smallest absolute Gasteiger partial charge is 0.368 e. The largest absolute Gasteiger partial charge is 0.408 e. The van der Waals surface area contributed by atoms with Crippen LogP contribution in [0.15, 0.2) is 53.4 Å². The van der Waals surface area contributed by atoms with E-state index < -0.39 is 30.7 Å². The van der Waals surface area contributed by atoms with Crippen molar-refractivity contribution in [2.45, 2.75) is 43.4 Å². The summed E-state index contributed by atoms with van der Waals surface area (Å²) in [5, 5.41) is 9.23. The monoisotopic (exact) mass is 449 g/mol. The second kappa shape index (κ2) is 10.7. The fraction of sp³-hybridized carbons (Fsp3) is 0.391. The third kappa shape index (κ3) is 6.49. The van der Waals surface area contributed by atoms with Gasteiger partial charge < -0.3 is 5.73 Å². The number of primary amides is 1. The van der Waals surface area contributed by atoms with E-state index in [0.717, 1.165) is 15.4 Å². The molecular weight excluding hydrogens is 423 g/mol. The summed E-state index contributed by atoms with van der Waals surface area (Å²) in [5.74, 6) is -0.948. The normalized spacial score (nSPS) is 13.8. The van der Waals surface area contributed by atoms with Crippen molar-refractivity contribution in [3.63, 3.8) is 0 Å². The highest BCUT2D eigenvalue weighted by atomic mass is 32.2. The number of carbonyl (C=O) groups is 1. The number of hydrogen-bond donors (Lipinski definition) is 1. The number of thioether (sulfide) groups is 1. The summed E-state index contributed by atoms with van der Waals surface area (Å²) in [6.45, 7) is 3.01. The van der Waals surface area contributed by atoms with E-state index in [1.807, 2.05) is 30.5 Å². The first kappa shape index (κ1) is 24.8. The van der Waals surface area contributed by atoms with Gasteiger partial charge in [0.05, 0.1) is 18.7 Å². The number of amides is 1. The molecule has 0 fully saturated rings. The molecular formula is C23H26F3N3OS.